The van der Waals surface area contributed by atoms with Gasteiger partial charge in [0.15, 0.2) is 0 Å². The van der Waals surface area contributed by atoms with Gasteiger partial charge in [-0.25, -0.2) is 0 Å². The molecule has 2 heterocycles. The highest BCUT2D eigenvalue weighted by Crippen LogP contribution is 2.15. The highest BCUT2D eigenvalue weighted by molar-refractivity contribution is 5.94. The number of carbonyl (C=O) groups is 1. The molecule has 0 radical (unpaired) electrons. The first-order valence-corrected chi connectivity index (χ1v) is 5.10. The minimum Gasteiger partial charge on any atom is -0.368 e. The smallest absolute Gasteiger partial charge is 0.253 e. The molecule has 1 aromatic heterocycles. The van der Waals surface area contributed by atoms with Gasteiger partial charge in [0.1, 0.15) is 6.10 Å². The van der Waals surface area contributed by atoms with Crippen LogP contribution in [-0.4, -0.2) is 23.6 Å². The first-order valence-electron chi connectivity index (χ1n) is 5.10. The maximum atomic E-state index is 11.7. The summed E-state index contributed by atoms with van der Waals surface area (Å²) in [4.78, 5) is 15.7. The summed E-state index contributed by atoms with van der Waals surface area (Å²) in [5, 5.41) is 2.80. The van der Waals surface area contributed by atoms with Gasteiger partial charge in [-0.15, -0.1) is 0 Å². The molecule has 0 saturated carbocycles. The molecule has 0 spiro atoms. The average Bonchev–Trinajstić information content (AvgIpc) is 2.70. The number of hydrogen-bond donors (Lipinski definition) is 1. The molecule has 1 saturated heterocycles. The normalized spacial score (nSPS) is 20.2. The predicted octanol–water partition coefficient (Wildman–Crippen LogP) is 1.51. The molecule has 2 rings (SSSR count). The summed E-state index contributed by atoms with van der Waals surface area (Å²) in [6, 6.07) is 1.89. The van der Waals surface area contributed by atoms with E-state index in [4.69, 9.17) is 4.74 Å². The fourth-order valence-corrected chi connectivity index (χ4v) is 1.63. The molecule has 4 heteroatoms. The number of nitrogens with zero attached hydrogens (tertiary/aromatic N) is 1. The summed E-state index contributed by atoms with van der Waals surface area (Å²) in [5.74, 6) is -0.0695. The number of anilines is 1. The van der Waals surface area contributed by atoms with E-state index in [-0.39, 0.29) is 12.0 Å². The Hall–Kier alpha value is -1.42. The number of aryl methyl sites for hydroxylation is 1. The van der Waals surface area contributed by atoms with Crippen LogP contribution in [0.2, 0.25) is 0 Å². The van der Waals surface area contributed by atoms with E-state index in [2.05, 4.69) is 10.3 Å². The lowest BCUT2D eigenvalue weighted by Gasteiger charge is -2.10. The molecule has 0 bridgehead atoms. The second-order valence-electron chi connectivity index (χ2n) is 3.74. The zero-order valence-corrected chi connectivity index (χ0v) is 8.69. The van der Waals surface area contributed by atoms with Crippen LogP contribution in [0.4, 0.5) is 5.69 Å². The SMILES string of the molecule is Cc1cncc(NC(=O)C2CCCO2)c1. The number of ether oxygens (including phenoxy) is 1. The van der Waals surface area contributed by atoms with Crippen LogP contribution in [0.15, 0.2) is 18.5 Å². The van der Waals surface area contributed by atoms with Crippen LogP contribution in [0.1, 0.15) is 18.4 Å². The molecule has 1 fully saturated rings. The van der Waals surface area contributed by atoms with Crippen molar-refractivity contribution in [2.24, 2.45) is 0 Å². The van der Waals surface area contributed by atoms with Gasteiger partial charge in [0, 0.05) is 12.8 Å². The van der Waals surface area contributed by atoms with Gasteiger partial charge in [-0.2, -0.15) is 0 Å². The fourth-order valence-electron chi connectivity index (χ4n) is 1.63. The van der Waals surface area contributed by atoms with Crippen molar-refractivity contribution < 1.29 is 9.53 Å². The third-order valence-corrected chi connectivity index (χ3v) is 2.36. The largest absolute Gasteiger partial charge is 0.368 e. The second kappa shape index (κ2) is 4.40. The summed E-state index contributed by atoms with van der Waals surface area (Å²) in [5.41, 5.74) is 1.76. The first-order chi connectivity index (χ1) is 7.25. The Bertz CT molecular complexity index is 359. The van der Waals surface area contributed by atoms with Gasteiger partial charge in [-0.05, 0) is 31.4 Å². The number of pyridine rings is 1. The van der Waals surface area contributed by atoms with Crippen LogP contribution in [0.25, 0.3) is 0 Å². The molecule has 0 aliphatic carbocycles. The predicted molar refractivity (Wildman–Crippen MR) is 56.6 cm³/mol. The van der Waals surface area contributed by atoms with Crippen LogP contribution in [-0.2, 0) is 9.53 Å². The Morgan fingerprint density at radius 1 is 1.60 bits per heavy atom. The Morgan fingerprint density at radius 2 is 2.47 bits per heavy atom. The molecule has 80 valence electrons. The van der Waals surface area contributed by atoms with Crippen molar-refractivity contribution in [2.45, 2.75) is 25.9 Å². The number of hydrogen-bond acceptors (Lipinski definition) is 3. The van der Waals surface area contributed by atoms with E-state index >= 15 is 0 Å². The lowest BCUT2D eigenvalue weighted by Crippen LogP contribution is -2.26. The summed E-state index contributed by atoms with van der Waals surface area (Å²) < 4.78 is 5.28. The third-order valence-electron chi connectivity index (χ3n) is 2.36. The summed E-state index contributed by atoms with van der Waals surface area (Å²) >= 11 is 0. The van der Waals surface area contributed by atoms with Gasteiger partial charge in [0.2, 0.25) is 0 Å². The Kier molecular flexibility index (Phi) is 2.97. The minimum absolute atomic E-state index is 0.0695. The van der Waals surface area contributed by atoms with E-state index < -0.39 is 0 Å². The number of nitrogens with one attached hydrogen (secondary N) is 1. The van der Waals surface area contributed by atoms with Crippen molar-refractivity contribution in [1.29, 1.82) is 0 Å². The molecule has 1 N–H and O–H groups in total. The van der Waals surface area contributed by atoms with Crippen molar-refractivity contribution in [2.75, 3.05) is 11.9 Å². The van der Waals surface area contributed by atoms with Crippen LogP contribution in [0.5, 0.6) is 0 Å². The molecule has 1 aliphatic heterocycles. The van der Waals surface area contributed by atoms with Gasteiger partial charge in [0.05, 0.1) is 11.9 Å². The van der Waals surface area contributed by atoms with E-state index in [1.807, 2.05) is 13.0 Å². The Morgan fingerprint density at radius 3 is 3.13 bits per heavy atom. The van der Waals surface area contributed by atoms with Crippen LogP contribution >= 0.6 is 0 Å². The maximum Gasteiger partial charge on any atom is 0.253 e. The second-order valence-corrected chi connectivity index (χ2v) is 3.74. The van der Waals surface area contributed by atoms with Gasteiger partial charge < -0.3 is 10.1 Å². The Balaban J connectivity index is 1.99. The lowest BCUT2D eigenvalue weighted by molar-refractivity contribution is -0.124. The topological polar surface area (TPSA) is 51.2 Å². The van der Waals surface area contributed by atoms with Crippen LogP contribution in [0, 0.1) is 6.92 Å². The summed E-state index contributed by atoms with van der Waals surface area (Å²) in [6.07, 6.45) is 4.88. The average molecular weight is 206 g/mol. The summed E-state index contributed by atoms with van der Waals surface area (Å²) in [7, 11) is 0. The zero-order chi connectivity index (χ0) is 10.7. The third kappa shape index (κ3) is 2.53. The number of amides is 1. The highest BCUT2D eigenvalue weighted by atomic mass is 16.5. The van der Waals surface area contributed by atoms with Crippen molar-refractivity contribution in [3.8, 4) is 0 Å². The van der Waals surface area contributed by atoms with E-state index in [0.717, 1.165) is 24.1 Å². The quantitative estimate of drug-likeness (QED) is 0.798. The minimum atomic E-state index is -0.287. The number of aromatic nitrogens is 1. The van der Waals surface area contributed by atoms with E-state index in [9.17, 15) is 4.79 Å². The molecular weight excluding hydrogens is 192 g/mol. The van der Waals surface area contributed by atoms with Gasteiger partial charge in [-0.1, -0.05) is 0 Å². The molecule has 1 unspecified atom stereocenters. The molecule has 0 aromatic carbocycles. The maximum absolute atomic E-state index is 11.7. The van der Waals surface area contributed by atoms with E-state index in [0.29, 0.717) is 6.61 Å². The fraction of sp³-hybridized carbons (Fsp3) is 0.455. The standard InChI is InChI=1S/C11H14N2O2/c1-8-5-9(7-12-6-8)13-11(14)10-3-2-4-15-10/h5-7,10H,2-4H2,1H3,(H,13,14). The van der Waals surface area contributed by atoms with E-state index in [1.165, 1.54) is 0 Å². The molecule has 4 nitrogen and oxygen atoms in total. The van der Waals surface area contributed by atoms with Crippen LogP contribution in [0.3, 0.4) is 0 Å². The van der Waals surface area contributed by atoms with Gasteiger partial charge in [-0.3, -0.25) is 9.78 Å². The molecule has 1 aliphatic rings. The molecule has 1 atom stereocenters. The highest BCUT2D eigenvalue weighted by Gasteiger charge is 2.23. The zero-order valence-electron chi connectivity index (χ0n) is 8.69. The molecule has 15 heavy (non-hydrogen) atoms. The summed E-state index contributed by atoms with van der Waals surface area (Å²) in [6.45, 7) is 2.62. The monoisotopic (exact) mass is 206 g/mol. The lowest BCUT2D eigenvalue weighted by atomic mass is 10.2. The van der Waals surface area contributed by atoms with Crippen molar-refractivity contribution in [3.05, 3.63) is 24.0 Å². The molecule has 1 amide bonds. The van der Waals surface area contributed by atoms with Gasteiger partial charge >= 0.3 is 0 Å². The van der Waals surface area contributed by atoms with Crippen molar-refractivity contribution >= 4 is 11.6 Å². The molecule has 1 aromatic rings. The Labute approximate surface area is 88.7 Å². The van der Waals surface area contributed by atoms with Crippen LogP contribution < -0.4 is 5.32 Å². The number of rotatable bonds is 2. The van der Waals surface area contributed by atoms with Crippen molar-refractivity contribution in [3.63, 3.8) is 0 Å². The van der Waals surface area contributed by atoms with Crippen molar-refractivity contribution in [1.82, 2.24) is 4.98 Å². The first kappa shape index (κ1) is 10.1. The van der Waals surface area contributed by atoms with Gasteiger partial charge in [0.25, 0.3) is 5.91 Å². The number of carbonyl (C=O) groups excluding carboxylic acids is 1. The van der Waals surface area contributed by atoms with E-state index in [1.54, 1.807) is 12.4 Å². The molecular formula is C11H14N2O2.